The molecular weight excluding hydrogens is 453 g/mol. The van der Waals surface area contributed by atoms with Gasteiger partial charge in [0.25, 0.3) is 22.7 Å². The molecule has 0 radical (unpaired) electrons. The van der Waals surface area contributed by atoms with Crippen LogP contribution in [-0.4, -0.2) is 40.0 Å². The molecule has 0 spiro atoms. The highest BCUT2D eigenvalue weighted by molar-refractivity contribution is 8.18. The molecule has 8 nitrogen and oxygen atoms in total. The second-order valence-electron chi connectivity index (χ2n) is 6.06. The van der Waals surface area contributed by atoms with Crippen molar-refractivity contribution in [2.24, 2.45) is 0 Å². The van der Waals surface area contributed by atoms with E-state index in [1.807, 2.05) is 0 Å². The molecule has 3 amide bonds. The molecular formula is C19H13Cl2N3O5S. The number of halogens is 2. The number of nitrogens with one attached hydrogen (secondary N) is 1. The topological polar surface area (TPSA) is 110 Å². The quantitative estimate of drug-likeness (QED) is 0.385. The summed E-state index contributed by atoms with van der Waals surface area (Å²) >= 11 is 12.6. The average molecular weight is 466 g/mol. The van der Waals surface area contributed by atoms with Gasteiger partial charge in [0.05, 0.1) is 20.4 Å². The minimum atomic E-state index is -0.525. The van der Waals surface area contributed by atoms with E-state index < -0.39 is 22.0 Å². The van der Waals surface area contributed by atoms with Crippen LogP contribution in [0.25, 0.3) is 6.08 Å². The van der Waals surface area contributed by atoms with Crippen LogP contribution in [0.4, 0.5) is 10.5 Å². The van der Waals surface area contributed by atoms with E-state index in [0.29, 0.717) is 10.6 Å². The number of carbonyl (C=O) groups is 3. The molecule has 0 saturated carbocycles. The minimum Gasteiger partial charge on any atom is -0.350 e. The van der Waals surface area contributed by atoms with Crippen molar-refractivity contribution in [2.45, 2.75) is 0 Å². The van der Waals surface area contributed by atoms with Crippen LogP contribution in [0.2, 0.25) is 10.0 Å². The standard InChI is InChI=1S/C19H13Cl2N3O5S/c20-12-3-6-14(15(21)10-12)17(25)22-7-8-23-18(26)16(30-19(23)27)9-11-1-4-13(5-2-11)24(28)29/h1-6,9-10H,7-8H2,(H,22,25)/b16-9+. The van der Waals surface area contributed by atoms with Crippen LogP contribution < -0.4 is 5.32 Å². The van der Waals surface area contributed by atoms with Crippen LogP contribution in [0.15, 0.2) is 47.4 Å². The van der Waals surface area contributed by atoms with Gasteiger partial charge in [0.15, 0.2) is 0 Å². The number of rotatable bonds is 6. The van der Waals surface area contributed by atoms with Crippen LogP contribution in [0, 0.1) is 10.1 Å². The van der Waals surface area contributed by atoms with Crippen molar-refractivity contribution < 1.29 is 19.3 Å². The van der Waals surface area contributed by atoms with E-state index in [4.69, 9.17) is 23.2 Å². The molecule has 1 fully saturated rings. The molecule has 0 unspecified atom stereocenters. The summed E-state index contributed by atoms with van der Waals surface area (Å²) in [6.07, 6.45) is 1.49. The van der Waals surface area contributed by atoms with Gasteiger partial charge in [-0.05, 0) is 53.7 Å². The molecule has 154 valence electrons. The number of thioether (sulfide) groups is 1. The second-order valence-corrected chi connectivity index (χ2v) is 7.90. The Morgan fingerprint density at radius 3 is 2.50 bits per heavy atom. The second kappa shape index (κ2) is 9.29. The first kappa shape index (κ1) is 21.8. The summed E-state index contributed by atoms with van der Waals surface area (Å²) in [5.41, 5.74) is 0.710. The fourth-order valence-electron chi connectivity index (χ4n) is 2.59. The lowest BCUT2D eigenvalue weighted by molar-refractivity contribution is -0.384. The van der Waals surface area contributed by atoms with E-state index in [1.54, 1.807) is 0 Å². The maximum absolute atomic E-state index is 12.5. The van der Waals surface area contributed by atoms with E-state index >= 15 is 0 Å². The first-order valence-electron chi connectivity index (χ1n) is 8.49. The molecule has 11 heteroatoms. The first-order chi connectivity index (χ1) is 14.3. The normalized spacial score (nSPS) is 15.0. The van der Waals surface area contributed by atoms with Crippen LogP contribution >= 0.6 is 35.0 Å². The number of non-ortho nitro benzene ring substituents is 1. The monoisotopic (exact) mass is 465 g/mol. The number of hydrogen-bond donors (Lipinski definition) is 1. The van der Waals surface area contributed by atoms with Crippen molar-refractivity contribution in [1.82, 2.24) is 10.2 Å². The summed E-state index contributed by atoms with van der Waals surface area (Å²) < 4.78 is 0. The van der Waals surface area contributed by atoms with Gasteiger partial charge in [-0.3, -0.25) is 29.4 Å². The van der Waals surface area contributed by atoms with Crippen molar-refractivity contribution in [3.05, 3.63) is 78.7 Å². The van der Waals surface area contributed by atoms with Crippen LogP contribution in [0.1, 0.15) is 15.9 Å². The average Bonchev–Trinajstić information content (AvgIpc) is 2.95. The first-order valence-corrected chi connectivity index (χ1v) is 10.1. The molecule has 0 aromatic heterocycles. The van der Waals surface area contributed by atoms with Gasteiger partial charge in [-0.1, -0.05) is 23.2 Å². The Bertz CT molecular complexity index is 1070. The fraction of sp³-hybridized carbons (Fsp3) is 0.105. The van der Waals surface area contributed by atoms with Gasteiger partial charge in [0, 0.05) is 30.2 Å². The van der Waals surface area contributed by atoms with Gasteiger partial charge in [0.2, 0.25) is 0 Å². The molecule has 1 heterocycles. The Morgan fingerprint density at radius 2 is 1.87 bits per heavy atom. The number of hydrogen-bond acceptors (Lipinski definition) is 6. The third-order valence-corrected chi connectivity index (χ3v) is 5.53. The lowest BCUT2D eigenvalue weighted by Gasteiger charge is -2.13. The summed E-state index contributed by atoms with van der Waals surface area (Å²) in [6.45, 7) is 0.0276. The van der Waals surface area contributed by atoms with E-state index in [0.717, 1.165) is 16.7 Å². The van der Waals surface area contributed by atoms with E-state index in [1.165, 1.54) is 48.5 Å². The zero-order valence-corrected chi connectivity index (χ0v) is 17.5. The van der Waals surface area contributed by atoms with E-state index in [9.17, 15) is 24.5 Å². The minimum absolute atomic E-state index is 0.0147. The van der Waals surface area contributed by atoms with Crippen molar-refractivity contribution >= 4 is 63.8 Å². The highest BCUT2D eigenvalue weighted by Crippen LogP contribution is 2.32. The third-order valence-electron chi connectivity index (χ3n) is 4.07. The van der Waals surface area contributed by atoms with Gasteiger partial charge in [-0.2, -0.15) is 0 Å². The molecule has 1 aliphatic rings. The highest BCUT2D eigenvalue weighted by Gasteiger charge is 2.34. The summed E-state index contributed by atoms with van der Waals surface area (Å²) in [5, 5.41) is 13.4. The lowest BCUT2D eigenvalue weighted by atomic mass is 10.2. The number of benzene rings is 2. The molecule has 0 aliphatic carbocycles. The van der Waals surface area contributed by atoms with Gasteiger partial charge < -0.3 is 5.32 Å². The zero-order valence-electron chi connectivity index (χ0n) is 15.1. The molecule has 2 aromatic carbocycles. The molecule has 2 aromatic rings. The Kier molecular flexibility index (Phi) is 6.76. The number of amides is 3. The molecule has 1 saturated heterocycles. The van der Waals surface area contributed by atoms with Crippen molar-refractivity contribution in [3.63, 3.8) is 0 Å². The predicted octanol–water partition coefficient (Wildman–Crippen LogP) is 4.37. The van der Waals surface area contributed by atoms with Crippen molar-refractivity contribution in [3.8, 4) is 0 Å². The van der Waals surface area contributed by atoms with E-state index in [-0.39, 0.29) is 34.3 Å². The molecule has 30 heavy (non-hydrogen) atoms. The van der Waals surface area contributed by atoms with Gasteiger partial charge in [-0.25, -0.2) is 0 Å². The number of nitro groups is 1. The number of imide groups is 1. The van der Waals surface area contributed by atoms with Crippen molar-refractivity contribution in [1.29, 1.82) is 0 Å². The Morgan fingerprint density at radius 1 is 1.17 bits per heavy atom. The molecule has 1 N–H and O–H groups in total. The van der Waals surface area contributed by atoms with Crippen LogP contribution in [0.5, 0.6) is 0 Å². The summed E-state index contributed by atoms with van der Waals surface area (Å²) in [4.78, 5) is 48.2. The maximum Gasteiger partial charge on any atom is 0.293 e. The Balaban J connectivity index is 1.61. The summed E-state index contributed by atoms with van der Waals surface area (Å²) in [6, 6.07) is 10.1. The Labute approximate surface area is 185 Å². The fourth-order valence-corrected chi connectivity index (χ4v) is 3.95. The summed E-state index contributed by atoms with van der Waals surface area (Å²) in [5.74, 6) is -0.952. The SMILES string of the molecule is O=C(NCCN1C(=O)S/C(=C/c2ccc([N+](=O)[O-])cc2)C1=O)c1ccc(Cl)cc1Cl. The van der Waals surface area contributed by atoms with Gasteiger partial charge >= 0.3 is 0 Å². The van der Waals surface area contributed by atoms with Crippen molar-refractivity contribution in [2.75, 3.05) is 13.1 Å². The Hall–Kier alpha value is -2.88. The smallest absolute Gasteiger partial charge is 0.293 e. The number of nitro benzene ring substituents is 1. The van der Waals surface area contributed by atoms with E-state index in [2.05, 4.69) is 5.32 Å². The number of nitrogens with zero attached hydrogens (tertiary/aromatic N) is 2. The predicted molar refractivity (Wildman–Crippen MR) is 115 cm³/mol. The van der Waals surface area contributed by atoms with Gasteiger partial charge in [-0.15, -0.1) is 0 Å². The number of carbonyl (C=O) groups excluding carboxylic acids is 3. The maximum atomic E-state index is 12.5. The van der Waals surface area contributed by atoms with Gasteiger partial charge in [0.1, 0.15) is 0 Å². The zero-order chi connectivity index (χ0) is 21.8. The molecule has 0 atom stereocenters. The third kappa shape index (κ3) is 4.99. The lowest BCUT2D eigenvalue weighted by Crippen LogP contribution is -2.37. The van der Waals surface area contributed by atoms with Crippen LogP contribution in [0.3, 0.4) is 0 Å². The summed E-state index contributed by atoms with van der Waals surface area (Å²) in [7, 11) is 0. The van der Waals surface area contributed by atoms with Crippen LogP contribution in [-0.2, 0) is 4.79 Å². The molecule has 3 rings (SSSR count). The highest BCUT2D eigenvalue weighted by atomic mass is 35.5. The largest absolute Gasteiger partial charge is 0.350 e. The molecule has 1 aliphatic heterocycles. The molecule has 0 bridgehead atoms.